The number of hydrogen-bond acceptors (Lipinski definition) is 6. The van der Waals surface area contributed by atoms with Crippen LogP contribution in [0.25, 0.3) is 5.76 Å². The molecule has 0 bridgehead atoms. The van der Waals surface area contributed by atoms with E-state index in [0.717, 1.165) is 17.4 Å². The molecule has 0 saturated carbocycles. The fourth-order valence-electron chi connectivity index (χ4n) is 2.54. The van der Waals surface area contributed by atoms with Crippen LogP contribution in [0.3, 0.4) is 0 Å². The first kappa shape index (κ1) is 17.2. The summed E-state index contributed by atoms with van der Waals surface area (Å²) in [5.41, 5.74) is 2.14. The summed E-state index contributed by atoms with van der Waals surface area (Å²) in [5.74, 6) is 1.59. The van der Waals surface area contributed by atoms with Crippen molar-refractivity contribution < 1.29 is 26.8 Å². The molecule has 1 aliphatic rings. The molecule has 0 spiro atoms. The van der Waals surface area contributed by atoms with Crippen LogP contribution in [-0.2, 0) is 20.7 Å². The molecule has 0 atom stereocenters. The molecular formula is C16H20O6S. The Morgan fingerprint density at radius 3 is 2.22 bits per heavy atom. The van der Waals surface area contributed by atoms with Gasteiger partial charge in [0.1, 0.15) is 0 Å². The van der Waals surface area contributed by atoms with Gasteiger partial charge in [-0.15, -0.1) is 0 Å². The monoisotopic (exact) mass is 340 g/mol. The standard InChI is InChI=1S/C16H20O6S/c1-10-6-7-11-12(13(8-10)22-23(5,17)18)9-14(19-2)16(21-4)15(11)20-3/h8-9H,1,6-7H2,2-5H3. The molecule has 7 heteroatoms. The third-order valence-corrected chi connectivity index (χ3v) is 3.95. The lowest BCUT2D eigenvalue weighted by molar-refractivity contribution is 0.321. The van der Waals surface area contributed by atoms with Crippen LogP contribution in [-0.4, -0.2) is 36.0 Å². The van der Waals surface area contributed by atoms with Crippen LogP contribution in [0.4, 0.5) is 0 Å². The van der Waals surface area contributed by atoms with Crippen LogP contribution in [0.2, 0.25) is 0 Å². The molecule has 0 fully saturated rings. The molecule has 126 valence electrons. The van der Waals surface area contributed by atoms with Crippen molar-refractivity contribution in [3.63, 3.8) is 0 Å². The van der Waals surface area contributed by atoms with E-state index in [9.17, 15) is 8.42 Å². The van der Waals surface area contributed by atoms with E-state index in [0.29, 0.717) is 35.7 Å². The molecule has 0 N–H and O–H groups in total. The largest absolute Gasteiger partial charge is 0.493 e. The number of methoxy groups -OCH3 is 3. The highest BCUT2D eigenvalue weighted by Crippen LogP contribution is 2.46. The quantitative estimate of drug-likeness (QED) is 0.767. The van der Waals surface area contributed by atoms with E-state index in [1.807, 2.05) is 0 Å². The number of allylic oxidation sites excluding steroid dienone is 2. The number of hydrogen-bond donors (Lipinski definition) is 0. The number of ether oxygens (including phenoxy) is 3. The van der Waals surface area contributed by atoms with Gasteiger partial charge in [-0.25, -0.2) is 0 Å². The molecule has 0 heterocycles. The average Bonchev–Trinajstić information content (AvgIpc) is 2.62. The second kappa shape index (κ2) is 6.54. The molecule has 23 heavy (non-hydrogen) atoms. The predicted octanol–water partition coefficient (Wildman–Crippen LogP) is 2.53. The van der Waals surface area contributed by atoms with Crippen molar-refractivity contribution in [1.29, 1.82) is 0 Å². The van der Waals surface area contributed by atoms with Crippen molar-refractivity contribution in [2.75, 3.05) is 27.6 Å². The first-order chi connectivity index (χ1) is 10.8. The van der Waals surface area contributed by atoms with Gasteiger partial charge < -0.3 is 18.4 Å². The smallest absolute Gasteiger partial charge is 0.306 e. The fourth-order valence-corrected chi connectivity index (χ4v) is 3.00. The summed E-state index contributed by atoms with van der Waals surface area (Å²) in [5, 5.41) is 0. The molecule has 6 nitrogen and oxygen atoms in total. The Bertz CT molecular complexity index is 761. The summed E-state index contributed by atoms with van der Waals surface area (Å²) in [7, 11) is 0.863. The molecular weight excluding hydrogens is 320 g/mol. The van der Waals surface area contributed by atoms with E-state index in [4.69, 9.17) is 18.4 Å². The van der Waals surface area contributed by atoms with Gasteiger partial charge in [0, 0.05) is 11.1 Å². The molecule has 0 aliphatic heterocycles. The van der Waals surface area contributed by atoms with E-state index in [-0.39, 0.29) is 5.76 Å². The maximum atomic E-state index is 11.6. The van der Waals surface area contributed by atoms with Gasteiger partial charge in [0.2, 0.25) is 5.75 Å². The zero-order chi connectivity index (χ0) is 17.2. The van der Waals surface area contributed by atoms with Crippen LogP contribution in [0, 0.1) is 0 Å². The van der Waals surface area contributed by atoms with Crippen LogP contribution < -0.4 is 14.2 Å². The molecule has 0 saturated heterocycles. The van der Waals surface area contributed by atoms with Gasteiger partial charge in [-0.2, -0.15) is 8.42 Å². The molecule has 0 amide bonds. The summed E-state index contributed by atoms with van der Waals surface area (Å²) in [4.78, 5) is 0. The van der Waals surface area contributed by atoms with E-state index < -0.39 is 10.1 Å². The first-order valence-corrected chi connectivity index (χ1v) is 8.73. The van der Waals surface area contributed by atoms with Crippen LogP contribution in [0.1, 0.15) is 17.5 Å². The Kier molecular flexibility index (Phi) is 4.89. The highest BCUT2D eigenvalue weighted by Gasteiger charge is 2.26. The van der Waals surface area contributed by atoms with Crippen molar-refractivity contribution >= 4 is 15.9 Å². The minimum absolute atomic E-state index is 0.198. The maximum Gasteiger partial charge on any atom is 0.306 e. The minimum Gasteiger partial charge on any atom is -0.493 e. The van der Waals surface area contributed by atoms with Crippen LogP contribution in [0.5, 0.6) is 17.2 Å². The topological polar surface area (TPSA) is 71.1 Å². The van der Waals surface area contributed by atoms with Gasteiger partial charge in [-0.05, 0) is 25.0 Å². The van der Waals surface area contributed by atoms with Crippen molar-refractivity contribution in [1.82, 2.24) is 0 Å². The van der Waals surface area contributed by atoms with Gasteiger partial charge in [-0.3, -0.25) is 0 Å². The third kappa shape index (κ3) is 3.61. The van der Waals surface area contributed by atoms with Gasteiger partial charge in [0.25, 0.3) is 0 Å². The first-order valence-electron chi connectivity index (χ1n) is 6.91. The Labute approximate surface area is 136 Å². The SMILES string of the molecule is C=C1C=C(OS(C)(=O)=O)c2cc(OC)c(OC)c(OC)c2CC1. The molecule has 0 aromatic heterocycles. The second-order valence-electron chi connectivity index (χ2n) is 5.13. The summed E-state index contributed by atoms with van der Waals surface area (Å²) < 4.78 is 44.5. The van der Waals surface area contributed by atoms with Gasteiger partial charge >= 0.3 is 10.1 Å². The van der Waals surface area contributed by atoms with Gasteiger partial charge in [0.15, 0.2) is 17.3 Å². The molecule has 0 radical (unpaired) electrons. The third-order valence-electron chi connectivity index (χ3n) is 3.47. The Hall–Kier alpha value is -2.15. The fraction of sp³-hybridized carbons (Fsp3) is 0.375. The molecule has 2 rings (SSSR count). The number of rotatable bonds is 5. The lowest BCUT2D eigenvalue weighted by atomic mass is 10.0. The normalized spacial score (nSPS) is 14.4. The summed E-state index contributed by atoms with van der Waals surface area (Å²) in [6.07, 6.45) is 3.89. The van der Waals surface area contributed by atoms with E-state index >= 15 is 0 Å². The summed E-state index contributed by atoms with van der Waals surface area (Å²) >= 11 is 0. The van der Waals surface area contributed by atoms with E-state index in [2.05, 4.69) is 6.58 Å². The minimum atomic E-state index is -3.68. The maximum absolute atomic E-state index is 11.6. The van der Waals surface area contributed by atoms with Crippen LogP contribution in [0.15, 0.2) is 24.3 Å². The Morgan fingerprint density at radius 1 is 1.04 bits per heavy atom. The molecule has 1 aliphatic carbocycles. The van der Waals surface area contributed by atoms with Crippen molar-refractivity contribution in [2.45, 2.75) is 12.8 Å². The molecule has 0 unspecified atom stereocenters. The second-order valence-corrected chi connectivity index (χ2v) is 6.70. The zero-order valence-electron chi connectivity index (χ0n) is 13.6. The van der Waals surface area contributed by atoms with E-state index in [1.165, 1.54) is 21.3 Å². The van der Waals surface area contributed by atoms with Gasteiger partial charge in [-0.1, -0.05) is 12.2 Å². The zero-order valence-corrected chi connectivity index (χ0v) is 14.5. The summed E-state index contributed by atoms with van der Waals surface area (Å²) in [6, 6.07) is 1.69. The van der Waals surface area contributed by atoms with E-state index in [1.54, 1.807) is 12.1 Å². The highest BCUT2D eigenvalue weighted by atomic mass is 32.2. The van der Waals surface area contributed by atoms with Crippen molar-refractivity contribution in [3.8, 4) is 17.2 Å². The number of benzene rings is 1. The average molecular weight is 340 g/mol. The Morgan fingerprint density at radius 2 is 1.70 bits per heavy atom. The lowest BCUT2D eigenvalue weighted by Gasteiger charge is -2.19. The predicted molar refractivity (Wildman–Crippen MR) is 87.5 cm³/mol. The molecule has 1 aromatic rings. The Balaban J connectivity index is 2.75. The van der Waals surface area contributed by atoms with Gasteiger partial charge in [0.05, 0.1) is 27.6 Å². The number of fused-ring (bicyclic) bond motifs is 1. The highest BCUT2D eigenvalue weighted by molar-refractivity contribution is 7.86. The lowest BCUT2D eigenvalue weighted by Crippen LogP contribution is -2.06. The summed E-state index contributed by atoms with van der Waals surface area (Å²) in [6.45, 7) is 3.92. The molecule has 1 aromatic carbocycles. The van der Waals surface area contributed by atoms with Crippen LogP contribution >= 0.6 is 0 Å². The van der Waals surface area contributed by atoms with Crippen molar-refractivity contribution in [2.24, 2.45) is 0 Å². The van der Waals surface area contributed by atoms with Crippen molar-refractivity contribution in [3.05, 3.63) is 35.4 Å².